The molecular formula is C9H6BrClN2O. The number of hydrogen-bond acceptors (Lipinski definition) is 2. The van der Waals surface area contributed by atoms with Gasteiger partial charge in [-0.25, -0.2) is 0 Å². The number of nitrogens with zero attached hydrogens (tertiary/aromatic N) is 2. The molecule has 14 heavy (non-hydrogen) atoms. The molecule has 0 fully saturated rings. The lowest BCUT2D eigenvalue weighted by atomic mass is 10.2. The van der Waals surface area contributed by atoms with Crippen LogP contribution in [0.1, 0.15) is 10.5 Å². The molecule has 0 saturated carbocycles. The Hall–Kier alpha value is -0.870. The van der Waals surface area contributed by atoms with E-state index in [1.54, 1.807) is 7.05 Å². The van der Waals surface area contributed by atoms with Crippen LogP contribution in [-0.2, 0) is 7.05 Å². The highest BCUT2D eigenvalue weighted by molar-refractivity contribution is 9.10. The number of benzene rings is 1. The van der Waals surface area contributed by atoms with Crippen LogP contribution in [0, 0.1) is 0 Å². The van der Waals surface area contributed by atoms with E-state index in [1.807, 2.05) is 12.1 Å². The van der Waals surface area contributed by atoms with Crippen molar-refractivity contribution in [1.29, 1.82) is 0 Å². The van der Waals surface area contributed by atoms with Gasteiger partial charge in [-0.15, -0.1) is 0 Å². The average Bonchev–Trinajstić information content (AvgIpc) is 2.48. The van der Waals surface area contributed by atoms with Crippen LogP contribution in [-0.4, -0.2) is 16.1 Å². The van der Waals surface area contributed by atoms with Gasteiger partial charge in [-0.1, -0.05) is 11.6 Å². The first-order valence-corrected chi connectivity index (χ1v) is 5.08. The molecule has 0 aliphatic heterocycles. The summed E-state index contributed by atoms with van der Waals surface area (Å²) in [6.45, 7) is 0. The van der Waals surface area contributed by atoms with Crippen molar-refractivity contribution in [3.05, 3.63) is 27.3 Å². The molecule has 2 rings (SSSR count). The number of aldehydes is 1. The van der Waals surface area contributed by atoms with Crippen molar-refractivity contribution < 1.29 is 4.79 Å². The van der Waals surface area contributed by atoms with E-state index in [0.29, 0.717) is 16.1 Å². The standard InChI is InChI=1S/C9H6BrClN2O/c1-13-7(4-14)8-6(12-13)3-2-5(10)9(8)11/h2-4H,1H3. The molecule has 0 spiro atoms. The van der Waals surface area contributed by atoms with Gasteiger partial charge in [0.25, 0.3) is 0 Å². The quantitative estimate of drug-likeness (QED) is 0.749. The van der Waals surface area contributed by atoms with E-state index >= 15 is 0 Å². The summed E-state index contributed by atoms with van der Waals surface area (Å²) in [6.07, 6.45) is 0.758. The van der Waals surface area contributed by atoms with Gasteiger partial charge in [0.05, 0.1) is 15.9 Å². The molecule has 0 aliphatic rings. The fourth-order valence-electron chi connectivity index (χ4n) is 1.38. The van der Waals surface area contributed by atoms with Crippen molar-refractivity contribution in [1.82, 2.24) is 9.78 Å². The van der Waals surface area contributed by atoms with Gasteiger partial charge in [0.2, 0.25) is 0 Å². The van der Waals surface area contributed by atoms with Crippen LogP contribution in [0.2, 0.25) is 5.02 Å². The van der Waals surface area contributed by atoms with Crippen LogP contribution in [0.25, 0.3) is 10.9 Å². The minimum absolute atomic E-state index is 0.492. The lowest BCUT2D eigenvalue weighted by Crippen LogP contribution is -1.95. The van der Waals surface area contributed by atoms with Crippen molar-refractivity contribution in [3.63, 3.8) is 0 Å². The lowest BCUT2D eigenvalue weighted by molar-refractivity contribution is 0.111. The second kappa shape index (κ2) is 3.37. The van der Waals surface area contributed by atoms with Gasteiger partial charge in [-0.05, 0) is 28.1 Å². The van der Waals surface area contributed by atoms with Crippen molar-refractivity contribution in [2.24, 2.45) is 7.05 Å². The highest BCUT2D eigenvalue weighted by Gasteiger charge is 2.13. The maximum atomic E-state index is 10.8. The van der Waals surface area contributed by atoms with E-state index in [1.165, 1.54) is 4.68 Å². The predicted octanol–water partition coefficient (Wildman–Crippen LogP) is 2.80. The van der Waals surface area contributed by atoms with Crippen LogP contribution in [0.5, 0.6) is 0 Å². The molecule has 0 saturated heterocycles. The first-order valence-electron chi connectivity index (χ1n) is 3.91. The minimum atomic E-state index is 0.492. The second-order valence-corrected chi connectivity index (χ2v) is 4.11. The first kappa shape index (κ1) is 9.68. The number of aromatic nitrogens is 2. The third-order valence-corrected chi connectivity index (χ3v) is 3.33. The number of carbonyl (C=O) groups excluding carboxylic acids is 1. The molecule has 0 aliphatic carbocycles. The number of hydrogen-bond donors (Lipinski definition) is 0. The summed E-state index contributed by atoms with van der Waals surface area (Å²) in [5.41, 5.74) is 1.22. The van der Waals surface area contributed by atoms with Crippen LogP contribution in [0.3, 0.4) is 0 Å². The normalized spacial score (nSPS) is 10.8. The Bertz CT molecular complexity index is 521. The molecule has 1 heterocycles. The second-order valence-electron chi connectivity index (χ2n) is 2.88. The third-order valence-electron chi connectivity index (χ3n) is 2.05. The number of halogens is 2. The van der Waals surface area contributed by atoms with Crippen LogP contribution >= 0.6 is 27.5 Å². The zero-order valence-electron chi connectivity index (χ0n) is 7.29. The van der Waals surface area contributed by atoms with Crippen molar-refractivity contribution in [3.8, 4) is 0 Å². The zero-order chi connectivity index (χ0) is 10.3. The van der Waals surface area contributed by atoms with Gasteiger partial charge < -0.3 is 0 Å². The van der Waals surface area contributed by atoms with Gasteiger partial charge in [0.15, 0.2) is 6.29 Å². The van der Waals surface area contributed by atoms with E-state index < -0.39 is 0 Å². The van der Waals surface area contributed by atoms with E-state index in [0.717, 1.165) is 16.3 Å². The average molecular weight is 274 g/mol. The summed E-state index contributed by atoms with van der Waals surface area (Å²) in [4.78, 5) is 10.8. The number of aryl methyl sites for hydroxylation is 1. The summed E-state index contributed by atoms with van der Waals surface area (Å²) < 4.78 is 2.29. The Balaban J connectivity index is 2.97. The van der Waals surface area contributed by atoms with Gasteiger partial charge in [-0.3, -0.25) is 9.48 Å². The van der Waals surface area contributed by atoms with Crippen LogP contribution in [0.15, 0.2) is 16.6 Å². The molecule has 0 atom stereocenters. The van der Waals surface area contributed by atoms with E-state index in [-0.39, 0.29) is 0 Å². The highest BCUT2D eigenvalue weighted by Crippen LogP contribution is 2.32. The molecule has 0 N–H and O–H groups in total. The molecule has 3 nitrogen and oxygen atoms in total. The van der Waals surface area contributed by atoms with E-state index in [2.05, 4.69) is 21.0 Å². The Kier molecular flexibility index (Phi) is 2.33. The monoisotopic (exact) mass is 272 g/mol. The van der Waals surface area contributed by atoms with Gasteiger partial charge >= 0.3 is 0 Å². The maximum absolute atomic E-state index is 10.8. The van der Waals surface area contributed by atoms with Crippen molar-refractivity contribution in [2.75, 3.05) is 0 Å². The summed E-state index contributed by atoms with van der Waals surface area (Å²) in [5.74, 6) is 0. The minimum Gasteiger partial charge on any atom is -0.296 e. The molecule has 0 unspecified atom stereocenters. The largest absolute Gasteiger partial charge is 0.296 e. The fraction of sp³-hybridized carbons (Fsp3) is 0.111. The van der Waals surface area contributed by atoms with Gasteiger partial charge in [0, 0.05) is 11.5 Å². The summed E-state index contributed by atoms with van der Waals surface area (Å²) in [6, 6.07) is 3.63. The molecular weight excluding hydrogens is 267 g/mol. The summed E-state index contributed by atoms with van der Waals surface area (Å²) >= 11 is 9.37. The molecule has 0 amide bonds. The lowest BCUT2D eigenvalue weighted by Gasteiger charge is -1.96. The summed E-state index contributed by atoms with van der Waals surface area (Å²) in [5, 5.41) is 5.38. The highest BCUT2D eigenvalue weighted by atomic mass is 79.9. The predicted molar refractivity (Wildman–Crippen MR) is 58.8 cm³/mol. The van der Waals surface area contributed by atoms with Crippen LogP contribution in [0.4, 0.5) is 0 Å². The Morgan fingerprint density at radius 3 is 2.93 bits per heavy atom. The molecule has 2 aromatic rings. The molecule has 5 heteroatoms. The molecule has 1 aromatic heterocycles. The summed E-state index contributed by atoms with van der Waals surface area (Å²) in [7, 11) is 1.72. The van der Waals surface area contributed by atoms with Gasteiger partial charge in [0.1, 0.15) is 5.69 Å². The number of carbonyl (C=O) groups is 1. The number of rotatable bonds is 1. The topological polar surface area (TPSA) is 34.9 Å². The Morgan fingerprint density at radius 1 is 1.57 bits per heavy atom. The number of fused-ring (bicyclic) bond motifs is 1. The molecule has 72 valence electrons. The van der Waals surface area contributed by atoms with E-state index in [9.17, 15) is 4.79 Å². The van der Waals surface area contributed by atoms with Gasteiger partial charge in [-0.2, -0.15) is 5.10 Å². The molecule has 1 aromatic carbocycles. The zero-order valence-corrected chi connectivity index (χ0v) is 9.63. The Morgan fingerprint density at radius 2 is 2.29 bits per heavy atom. The smallest absolute Gasteiger partial charge is 0.168 e. The van der Waals surface area contributed by atoms with Crippen molar-refractivity contribution in [2.45, 2.75) is 0 Å². The van der Waals surface area contributed by atoms with E-state index in [4.69, 9.17) is 11.6 Å². The maximum Gasteiger partial charge on any atom is 0.168 e. The Labute approximate surface area is 93.8 Å². The molecule has 0 radical (unpaired) electrons. The SMILES string of the molecule is Cn1nc2ccc(Br)c(Cl)c2c1C=O. The van der Waals surface area contributed by atoms with Crippen molar-refractivity contribution >= 4 is 44.7 Å². The molecule has 0 bridgehead atoms. The van der Waals surface area contributed by atoms with Crippen LogP contribution < -0.4 is 0 Å². The fourth-order valence-corrected chi connectivity index (χ4v) is 1.97. The third kappa shape index (κ3) is 1.26. The first-order chi connectivity index (χ1) is 6.65.